The molecule has 2 aromatic heterocycles. The van der Waals surface area contributed by atoms with E-state index >= 15 is 0 Å². The highest BCUT2D eigenvalue weighted by Crippen LogP contribution is 2.22. The predicted molar refractivity (Wildman–Crippen MR) is 91.4 cm³/mol. The SMILES string of the molecule is O=C(c1cccc(Cl)c1)N1CCN(c2nc3ncccc3o2)CC1. The summed E-state index contributed by atoms with van der Waals surface area (Å²) >= 11 is 5.96. The van der Waals surface area contributed by atoms with E-state index in [0.29, 0.717) is 54.0 Å². The number of anilines is 1. The van der Waals surface area contributed by atoms with E-state index in [0.717, 1.165) is 0 Å². The summed E-state index contributed by atoms with van der Waals surface area (Å²) in [5.74, 6) is -0.00335. The van der Waals surface area contributed by atoms with Crippen LogP contribution in [0.1, 0.15) is 10.4 Å². The molecule has 6 nitrogen and oxygen atoms in total. The predicted octanol–water partition coefficient (Wildman–Crippen LogP) is 2.84. The van der Waals surface area contributed by atoms with Crippen molar-refractivity contribution in [2.75, 3.05) is 31.1 Å². The molecule has 1 fully saturated rings. The molecule has 0 bridgehead atoms. The van der Waals surface area contributed by atoms with Crippen LogP contribution in [0.2, 0.25) is 5.02 Å². The number of benzene rings is 1. The Morgan fingerprint density at radius 2 is 1.96 bits per heavy atom. The maximum atomic E-state index is 12.5. The molecule has 0 aliphatic carbocycles. The molecule has 0 atom stereocenters. The van der Waals surface area contributed by atoms with Gasteiger partial charge in [-0.15, -0.1) is 0 Å². The fourth-order valence-corrected chi connectivity index (χ4v) is 2.99. The van der Waals surface area contributed by atoms with E-state index in [-0.39, 0.29) is 5.91 Å². The van der Waals surface area contributed by atoms with E-state index in [1.54, 1.807) is 30.5 Å². The summed E-state index contributed by atoms with van der Waals surface area (Å²) < 4.78 is 5.74. The minimum atomic E-state index is -0.00335. The number of amides is 1. The van der Waals surface area contributed by atoms with Crippen molar-refractivity contribution in [1.82, 2.24) is 14.9 Å². The molecule has 0 unspecified atom stereocenters. The molecule has 1 amide bonds. The Balaban J connectivity index is 1.45. The summed E-state index contributed by atoms with van der Waals surface area (Å²) in [6, 6.07) is 11.2. The highest BCUT2D eigenvalue weighted by atomic mass is 35.5. The van der Waals surface area contributed by atoms with E-state index in [4.69, 9.17) is 16.0 Å². The second-order valence-electron chi connectivity index (χ2n) is 5.61. The van der Waals surface area contributed by atoms with Crippen molar-refractivity contribution >= 4 is 34.8 Å². The van der Waals surface area contributed by atoms with Gasteiger partial charge in [0.05, 0.1) is 0 Å². The molecular weight excluding hydrogens is 328 g/mol. The van der Waals surface area contributed by atoms with Gasteiger partial charge in [0.2, 0.25) is 5.65 Å². The van der Waals surface area contributed by atoms with Crippen LogP contribution in [0.15, 0.2) is 47.0 Å². The van der Waals surface area contributed by atoms with Crippen molar-refractivity contribution in [2.24, 2.45) is 0 Å². The van der Waals surface area contributed by atoms with Crippen LogP contribution in [0.3, 0.4) is 0 Å². The number of fused-ring (bicyclic) bond motifs is 1. The molecule has 1 aliphatic heterocycles. The van der Waals surface area contributed by atoms with E-state index in [1.807, 2.05) is 21.9 Å². The van der Waals surface area contributed by atoms with E-state index in [1.165, 1.54) is 0 Å². The van der Waals surface area contributed by atoms with Gasteiger partial charge in [-0.3, -0.25) is 4.79 Å². The Kier molecular flexibility index (Phi) is 3.82. The van der Waals surface area contributed by atoms with Gasteiger partial charge < -0.3 is 14.2 Å². The Bertz CT molecular complexity index is 854. The smallest absolute Gasteiger partial charge is 0.300 e. The minimum absolute atomic E-state index is 0.00335. The molecule has 122 valence electrons. The number of nitrogens with zero attached hydrogens (tertiary/aromatic N) is 4. The standard InChI is InChI=1S/C17H15ClN4O2/c18-13-4-1-3-12(11-13)16(23)21-7-9-22(10-8-21)17-20-15-14(24-17)5-2-6-19-15/h1-6,11H,7-10H2. The number of rotatable bonds is 2. The van der Waals surface area contributed by atoms with Gasteiger partial charge in [-0.1, -0.05) is 17.7 Å². The summed E-state index contributed by atoms with van der Waals surface area (Å²) in [5, 5.41) is 0.568. The molecule has 0 N–H and O–H groups in total. The van der Waals surface area contributed by atoms with Crippen LogP contribution in [0.5, 0.6) is 0 Å². The molecular formula is C17H15ClN4O2. The van der Waals surface area contributed by atoms with Gasteiger partial charge in [0.15, 0.2) is 5.58 Å². The van der Waals surface area contributed by atoms with E-state index in [9.17, 15) is 4.79 Å². The first kappa shape index (κ1) is 15.0. The maximum Gasteiger partial charge on any atom is 0.300 e. The van der Waals surface area contributed by atoms with E-state index < -0.39 is 0 Å². The third-order valence-corrected chi connectivity index (χ3v) is 4.30. The van der Waals surface area contributed by atoms with Crippen molar-refractivity contribution in [3.8, 4) is 0 Å². The lowest BCUT2D eigenvalue weighted by Gasteiger charge is -2.33. The highest BCUT2D eigenvalue weighted by molar-refractivity contribution is 6.30. The first-order chi connectivity index (χ1) is 11.7. The van der Waals surface area contributed by atoms with Crippen LogP contribution in [0.25, 0.3) is 11.2 Å². The van der Waals surface area contributed by atoms with Gasteiger partial charge in [0.1, 0.15) is 0 Å². The molecule has 24 heavy (non-hydrogen) atoms. The molecule has 7 heteroatoms. The Morgan fingerprint density at radius 3 is 2.71 bits per heavy atom. The Morgan fingerprint density at radius 1 is 1.12 bits per heavy atom. The number of oxazole rings is 1. The molecule has 1 saturated heterocycles. The first-order valence-corrected chi connectivity index (χ1v) is 8.10. The fraction of sp³-hybridized carbons (Fsp3) is 0.235. The van der Waals surface area contributed by atoms with Crippen molar-refractivity contribution in [3.05, 3.63) is 53.2 Å². The molecule has 0 radical (unpaired) electrons. The highest BCUT2D eigenvalue weighted by Gasteiger charge is 2.25. The summed E-state index contributed by atoms with van der Waals surface area (Å²) in [6.07, 6.45) is 1.69. The summed E-state index contributed by atoms with van der Waals surface area (Å²) in [6.45, 7) is 2.55. The van der Waals surface area contributed by atoms with Crippen molar-refractivity contribution in [3.63, 3.8) is 0 Å². The Hall–Kier alpha value is -2.60. The lowest BCUT2D eigenvalue weighted by molar-refractivity contribution is 0.0745. The van der Waals surface area contributed by atoms with Crippen LogP contribution in [-0.4, -0.2) is 47.0 Å². The molecule has 3 aromatic rings. The zero-order chi connectivity index (χ0) is 16.5. The molecule has 3 heterocycles. The number of hydrogen-bond acceptors (Lipinski definition) is 5. The van der Waals surface area contributed by atoms with Crippen molar-refractivity contribution in [1.29, 1.82) is 0 Å². The molecule has 4 rings (SSSR count). The minimum Gasteiger partial charge on any atom is -0.422 e. The summed E-state index contributed by atoms with van der Waals surface area (Å²) in [5.41, 5.74) is 1.89. The molecule has 1 aliphatic rings. The van der Waals surface area contributed by atoms with E-state index in [2.05, 4.69) is 9.97 Å². The number of carbonyl (C=O) groups excluding carboxylic acids is 1. The monoisotopic (exact) mass is 342 g/mol. The number of piperazine rings is 1. The Labute approximate surface area is 143 Å². The van der Waals surface area contributed by atoms with Crippen LogP contribution in [0.4, 0.5) is 6.01 Å². The van der Waals surface area contributed by atoms with Gasteiger partial charge >= 0.3 is 0 Å². The zero-order valence-corrected chi connectivity index (χ0v) is 13.6. The van der Waals surface area contributed by atoms with Crippen LogP contribution >= 0.6 is 11.6 Å². The normalized spacial score (nSPS) is 15.0. The van der Waals surface area contributed by atoms with Crippen molar-refractivity contribution in [2.45, 2.75) is 0 Å². The van der Waals surface area contributed by atoms with Crippen LogP contribution in [-0.2, 0) is 0 Å². The number of hydrogen-bond donors (Lipinski definition) is 0. The number of carbonyl (C=O) groups is 1. The van der Waals surface area contributed by atoms with Crippen molar-refractivity contribution < 1.29 is 9.21 Å². The maximum absolute atomic E-state index is 12.5. The summed E-state index contributed by atoms with van der Waals surface area (Å²) in [4.78, 5) is 25.0. The second-order valence-corrected chi connectivity index (χ2v) is 6.05. The lowest BCUT2D eigenvalue weighted by Crippen LogP contribution is -2.48. The second kappa shape index (κ2) is 6.13. The van der Waals surface area contributed by atoms with Gasteiger partial charge in [-0.2, -0.15) is 4.98 Å². The van der Waals surface area contributed by atoms with Crippen LogP contribution in [0, 0.1) is 0 Å². The fourth-order valence-electron chi connectivity index (χ4n) is 2.80. The number of halogens is 1. The quantitative estimate of drug-likeness (QED) is 0.716. The summed E-state index contributed by atoms with van der Waals surface area (Å²) in [7, 11) is 0. The largest absolute Gasteiger partial charge is 0.422 e. The topological polar surface area (TPSA) is 62.5 Å². The third kappa shape index (κ3) is 2.80. The van der Waals surface area contributed by atoms with Gasteiger partial charge in [0, 0.05) is 43.0 Å². The molecule has 1 aromatic carbocycles. The number of pyridine rings is 1. The first-order valence-electron chi connectivity index (χ1n) is 7.72. The van der Waals surface area contributed by atoms with Crippen LogP contribution < -0.4 is 4.90 Å². The average molecular weight is 343 g/mol. The zero-order valence-electron chi connectivity index (χ0n) is 12.9. The van der Waals surface area contributed by atoms with Gasteiger partial charge in [-0.05, 0) is 30.3 Å². The average Bonchev–Trinajstić information content (AvgIpc) is 3.05. The lowest BCUT2D eigenvalue weighted by atomic mass is 10.2. The van der Waals surface area contributed by atoms with Gasteiger partial charge in [-0.25, -0.2) is 4.98 Å². The van der Waals surface area contributed by atoms with Gasteiger partial charge in [0.25, 0.3) is 11.9 Å². The number of aromatic nitrogens is 2. The molecule has 0 saturated carbocycles. The third-order valence-electron chi connectivity index (χ3n) is 4.06. The molecule has 0 spiro atoms.